The van der Waals surface area contributed by atoms with Crippen molar-refractivity contribution in [1.29, 1.82) is 0 Å². The molecule has 0 radical (unpaired) electrons. The van der Waals surface area contributed by atoms with Crippen LogP contribution >= 0.6 is 0 Å². The predicted molar refractivity (Wildman–Crippen MR) is 114 cm³/mol. The summed E-state index contributed by atoms with van der Waals surface area (Å²) in [6, 6.07) is 14.9. The van der Waals surface area contributed by atoms with Crippen LogP contribution in [-0.2, 0) is 16.0 Å². The molecule has 6 nitrogen and oxygen atoms in total. The Balaban J connectivity index is 1.55. The van der Waals surface area contributed by atoms with Gasteiger partial charge < -0.3 is 14.5 Å². The minimum absolute atomic E-state index is 0.113. The Morgan fingerprint density at radius 2 is 1.67 bits per heavy atom. The Labute approximate surface area is 177 Å². The van der Waals surface area contributed by atoms with E-state index in [2.05, 4.69) is 6.07 Å². The van der Waals surface area contributed by atoms with Crippen LogP contribution in [0.15, 0.2) is 48.5 Å². The van der Waals surface area contributed by atoms with Gasteiger partial charge in [0, 0.05) is 45.1 Å². The summed E-state index contributed by atoms with van der Waals surface area (Å²) in [5, 5.41) is 0. The lowest BCUT2D eigenvalue weighted by atomic mass is 10.1. The number of amides is 2. The number of hydrogen-bond acceptors (Lipinski definition) is 4. The van der Waals surface area contributed by atoms with Gasteiger partial charge in [-0.2, -0.15) is 0 Å². The SMILES string of the molecule is CC(=O)Oc1cccc(C(=O)N2CCCN(C(=O)CCc3cccc(C)c3)CC2)c1. The zero-order valence-corrected chi connectivity index (χ0v) is 17.6. The van der Waals surface area contributed by atoms with E-state index in [4.69, 9.17) is 4.74 Å². The van der Waals surface area contributed by atoms with Gasteiger partial charge in [-0.05, 0) is 43.5 Å². The summed E-state index contributed by atoms with van der Waals surface area (Å²) >= 11 is 0. The van der Waals surface area contributed by atoms with Gasteiger partial charge >= 0.3 is 5.97 Å². The fraction of sp³-hybridized carbons (Fsp3) is 0.375. The Hall–Kier alpha value is -3.15. The van der Waals surface area contributed by atoms with Gasteiger partial charge in [-0.3, -0.25) is 14.4 Å². The summed E-state index contributed by atoms with van der Waals surface area (Å²) in [7, 11) is 0. The molecular formula is C24H28N2O4. The average molecular weight is 408 g/mol. The number of carbonyl (C=O) groups is 3. The fourth-order valence-electron chi connectivity index (χ4n) is 3.69. The standard InChI is InChI=1S/C24H28N2O4/c1-18-6-3-7-20(16-18)10-11-23(28)25-12-5-13-26(15-14-25)24(29)21-8-4-9-22(17-21)30-19(2)27/h3-4,6-9,16-17H,5,10-15H2,1-2H3. The second-order valence-corrected chi connectivity index (χ2v) is 7.64. The second-order valence-electron chi connectivity index (χ2n) is 7.64. The molecule has 0 bridgehead atoms. The zero-order chi connectivity index (χ0) is 21.5. The first-order chi connectivity index (χ1) is 14.4. The molecule has 0 unspecified atom stereocenters. The van der Waals surface area contributed by atoms with Gasteiger partial charge in [-0.1, -0.05) is 35.9 Å². The molecule has 0 atom stereocenters. The Bertz CT molecular complexity index is 925. The minimum atomic E-state index is -0.422. The van der Waals surface area contributed by atoms with Crippen molar-refractivity contribution in [3.8, 4) is 5.75 Å². The van der Waals surface area contributed by atoms with Crippen molar-refractivity contribution in [2.75, 3.05) is 26.2 Å². The molecule has 1 heterocycles. The number of nitrogens with zero attached hydrogens (tertiary/aromatic N) is 2. The van der Waals surface area contributed by atoms with E-state index >= 15 is 0 Å². The minimum Gasteiger partial charge on any atom is -0.427 e. The van der Waals surface area contributed by atoms with E-state index in [1.807, 2.05) is 30.0 Å². The van der Waals surface area contributed by atoms with Gasteiger partial charge in [0.1, 0.15) is 5.75 Å². The number of benzene rings is 2. The largest absolute Gasteiger partial charge is 0.427 e. The van der Waals surface area contributed by atoms with Gasteiger partial charge in [0.25, 0.3) is 5.91 Å². The molecular weight excluding hydrogens is 380 g/mol. The molecule has 0 aromatic heterocycles. The van der Waals surface area contributed by atoms with Crippen molar-refractivity contribution >= 4 is 17.8 Å². The second kappa shape index (κ2) is 10.1. The van der Waals surface area contributed by atoms with E-state index < -0.39 is 5.97 Å². The summed E-state index contributed by atoms with van der Waals surface area (Å²) in [6.45, 7) is 5.65. The van der Waals surface area contributed by atoms with Crippen molar-refractivity contribution in [2.24, 2.45) is 0 Å². The van der Waals surface area contributed by atoms with Crippen molar-refractivity contribution in [3.63, 3.8) is 0 Å². The van der Waals surface area contributed by atoms with Crippen LogP contribution in [0.25, 0.3) is 0 Å². The molecule has 158 valence electrons. The van der Waals surface area contributed by atoms with E-state index in [-0.39, 0.29) is 11.8 Å². The maximum Gasteiger partial charge on any atom is 0.308 e. The first kappa shape index (κ1) is 21.6. The van der Waals surface area contributed by atoms with Crippen LogP contribution in [0, 0.1) is 6.92 Å². The summed E-state index contributed by atoms with van der Waals surface area (Å²) in [5.41, 5.74) is 2.84. The lowest BCUT2D eigenvalue weighted by Crippen LogP contribution is -2.37. The molecule has 6 heteroatoms. The van der Waals surface area contributed by atoms with E-state index in [9.17, 15) is 14.4 Å². The van der Waals surface area contributed by atoms with E-state index in [0.29, 0.717) is 43.9 Å². The number of carbonyl (C=O) groups excluding carboxylic acids is 3. The average Bonchev–Trinajstić information content (AvgIpc) is 2.97. The molecule has 1 aliphatic rings. The molecule has 3 rings (SSSR count). The van der Waals surface area contributed by atoms with Crippen molar-refractivity contribution in [3.05, 3.63) is 65.2 Å². The fourth-order valence-corrected chi connectivity index (χ4v) is 3.69. The van der Waals surface area contributed by atoms with Gasteiger partial charge in [-0.25, -0.2) is 0 Å². The van der Waals surface area contributed by atoms with Crippen molar-refractivity contribution in [2.45, 2.75) is 33.1 Å². The third kappa shape index (κ3) is 5.92. The van der Waals surface area contributed by atoms with Crippen LogP contribution in [0.5, 0.6) is 5.75 Å². The molecule has 1 saturated heterocycles. The normalized spacial score (nSPS) is 14.2. The molecule has 2 aromatic carbocycles. The van der Waals surface area contributed by atoms with Crippen LogP contribution in [0.3, 0.4) is 0 Å². The topological polar surface area (TPSA) is 66.9 Å². The van der Waals surface area contributed by atoms with Crippen LogP contribution < -0.4 is 4.74 Å². The van der Waals surface area contributed by atoms with Gasteiger partial charge in [0.15, 0.2) is 0 Å². The molecule has 1 aliphatic heterocycles. The summed E-state index contributed by atoms with van der Waals surface area (Å²) in [4.78, 5) is 40.3. The molecule has 30 heavy (non-hydrogen) atoms. The quantitative estimate of drug-likeness (QED) is 0.563. The highest BCUT2D eigenvalue weighted by Crippen LogP contribution is 2.17. The molecule has 0 spiro atoms. The Morgan fingerprint density at radius 1 is 0.933 bits per heavy atom. The Morgan fingerprint density at radius 3 is 2.43 bits per heavy atom. The maximum atomic E-state index is 12.9. The molecule has 0 saturated carbocycles. The van der Waals surface area contributed by atoms with E-state index in [1.54, 1.807) is 29.2 Å². The monoisotopic (exact) mass is 408 g/mol. The molecule has 1 fully saturated rings. The van der Waals surface area contributed by atoms with Crippen LogP contribution in [-0.4, -0.2) is 53.8 Å². The highest BCUT2D eigenvalue weighted by atomic mass is 16.5. The highest BCUT2D eigenvalue weighted by molar-refractivity contribution is 5.94. The summed E-state index contributed by atoms with van der Waals surface area (Å²) in [5.74, 6) is -0.0500. The van der Waals surface area contributed by atoms with Crippen molar-refractivity contribution in [1.82, 2.24) is 9.80 Å². The van der Waals surface area contributed by atoms with Crippen molar-refractivity contribution < 1.29 is 19.1 Å². The predicted octanol–water partition coefficient (Wildman–Crippen LogP) is 3.23. The first-order valence-corrected chi connectivity index (χ1v) is 10.3. The van der Waals surface area contributed by atoms with Crippen LogP contribution in [0.1, 0.15) is 41.3 Å². The van der Waals surface area contributed by atoms with Crippen LogP contribution in [0.4, 0.5) is 0 Å². The van der Waals surface area contributed by atoms with E-state index in [0.717, 1.165) is 12.8 Å². The highest BCUT2D eigenvalue weighted by Gasteiger charge is 2.23. The lowest BCUT2D eigenvalue weighted by molar-refractivity contribution is -0.132. The Kier molecular flexibility index (Phi) is 7.22. The number of esters is 1. The molecule has 2 amide bonds. The third-order valence-corrected chi connectivity index (χ3v) is 5.19. The molecule has 0 N–H and O–H groups in total. The number of rotatable bonds is 5. The number of hydrogen-bond donors (Lipinski definition) is 0. The van der Waals surface area contributed by atoms with E-state index in [1.165, 1.54) is 18.1 Å². The van der Waals surface area contributed by atoms with Gasteiger partial charge in [0.2, 0.25) is 5.91 Å². The smallest absolute Gasteiger partial charge is 0.308 e. The van der Waals surface area contributed by atoms with Crippen LogP contribution in [0.2, 0.25) is 0 Å². The first-order valence-electron chi connectivity index (χ1n) is 10.3. The zero-order valence-electron chi connectivity index (χ0n) is 17.6. The molecule has 2 aromatic rings. The summed E-state index contributed by atoms with van der Waals surface area (Å²) in [6.07, 6.45) is 1.94. The summed E-state index contributed by atoms with van der Waals surface area (Å²) < 4.78 is 5.07. The van der Waals surface area contributed by atoms with Gasteiger partial charge in [-0.15, -0.1) is 0 Å². The maximum absolute atomic E-state index is 12.9. The lowest BCUT2D eigenvalue weighted by Gasteiger charge is -2.22. The number of ether oxygens (including phenoxy) is 1. The van der Waals surface area contributed by atoms with Gasteiger partial charge in [0.05, 0.1) is 0 Å². The molecule has 0 aliphatic carbocycles. The number of aryl methyl sites for hydroxylation is 2. The third-order valence-electron chi connectivity index (χ3n) is 5.19.